The minimum atomic E-state index is -0.181. The molecule has 1 saturated heterocycles. The number of carbonyl (C=O) groups excluding carboxylic acids is 1. The Hall–Kier alpha value is -2.57. The van der Waals surface area contributed by atoms with Crippen molar-refractivity contribution in [3.63, 3.8) is 0 Å². The monoisotopic (exact) mass is 410 g/mol. The highest BCUT2D eigenvalue weighted by Crippen LogP contribution is 2.33. The highest BCUT2D eigenvalue weighted by Gasteiger charge is 2.30. The molecule has 30 heavy (non-hydrogen) atoms. The summed E-state index contributed by atoms with van der Waals surface area (Å²) in [7, 11) is 3.33. The van der Waals surface area contributed by atoms with Crippen LogP contribution in [0.2, 0.25) is 0 Å². The molecule has 1 unspecified atom stereocenters. The van der Waals surface area contributed by atoms with Gasteiger partial charge in [-0.25, -0.2) is 4.79 Å². The van der Waals surface area contributed by atoms with Crippen molar-refractivity contribution in [3.8, 4) is 11.5 Å². The number of ether oxygens (including phenoxy) is 3. The van der Waals surface area contributed by atoms with Crippen LogP contribution in [0, 0.1) is 0 Å². The highest BCUT2D eigenvalue weighted by atomic mass is 16.5. The Balaban J connectivity index is 1.21. The molecule has 2 aliphatic heterocycles. The summed E-state index contributed by atoms with van der Waals surface area (Å²) >= 11 is 0. The van der Waals surface area contributed by atoms with Gasteiger partial charge in [-0.1, -0.05) is 24.3 Å². The Bertz CT molecular complexity index is 877. The normalized spacial score (nSPS) is 19.4. The van der Waals surface area contributed by atoms with Crippen LogP contribution in [0.15, 0.2) is 42.5 Å². The summed E-state index contributed by atoms with van der Waals surface area (Å²) in [6, 6.07) is 13.9. The minimum Gasteiger partial charge on any atom is -0.493 e. The molecule has 0 spiro atoms. The summed E-state index contributed by atoms with van der Waals surface area (Å²) in [6.07, 6.45) is 1.83. The first-order chi connectivity index (χ1) is 14.7. The van der Waals surface area contributed by atoms with E-state index in [1.54, 1.807) is 14.2 Å². The fraction of sp³-hybridized carbons (Fsp3) is 0.458. The lowest BCUT2D eigenvalue weighted by Crippen LogP contribution is -2.46. The van der Waals surface area contributed by atoms with Gasteiger partial charge in [-0.15, -0.1) is 0 Å². The molecule has 2 aromatic carbocycles. The van der Waals surface area contributed by atoms with Gasteiger partial charge in [0.25, 0.3) is 0 Å². The molecule has 0 radical (unpaired) electrons. The molecular weight excluding hydrogens is 380 g/mol. The molecule has 160 valence electrons. The van der Waals surface area contributed by atoms with Gasteiger partial charge in [-0.2, -0.15) is 0 Å². The quantitative estimate of drug-likeness (QED) is 0.621. The zero-order valence-electron chi connectivity index (χ0n) is 17.8. The second kappa shape index (κ2) is 9.49. The van der Waals surface area contributed by atoms with E-state index in [1.807, 2.05) is 30.3 Å². The topological polar surface area (TPSA) is 51.2 Å². The smallest absolute Gasteiger partial charge is 0.339 e. The Morgan fingerprint density at radius 3 is 2.47 bits per heavy atom. The number of nitrogens with zero attached hydrogens (tertiary/aromatic N) is 2. The van der Waals surface area contributed by atoms with Crippen LogP contribution >= 0.6 is 0 Å². The molecule has 0 N–H and O–H groups in total. The summed E-state index contributed by atoms with van der Waals surface area (Å²) in [5, 5.41) is 0. The van der Waals surface area contributed by atoms with Gasteiger partial charge < -0.3 is 19.1 Å². The Morgan fingerprint density at radius 1 is 0.967 bits per heavy atom. The fourth-order valence-electron chi connectivity index (χ4n) is 4.34. The number of methoxy groups -OCH3 is 2. The van der Waals surface area contributed by atoms with E-state index in [2.05, 4.69) is 21.9 Å². The van der Waals surface area contributed by atoms with E-state index in [9.17, 15) is 4.79 Å². The van der Waals surface area contributed by atoms with Gasteiger partial charge in [0.1, 0.15) is 6.10 Å². The van der Waals surface area contributed by atoms with Crippen LogP contribution in [0.1, 0.15) is 40.4 Å². The SMILES string of the molecule is COc1ccc(CN2CCN(CCCC3OC(=O)c4ccccc43)CC2)cc1OC. The Morgan fingerprint density at radius 2 is 1.70 bits per heavy atom. The van der Waals surface area contributed by atoms with Crippen LogP contribution in [0.3, 0.4) is 0 Å². The predicted molar refractivity (Wildman–Crippen MR) is 115 cm³/mol. The molecule has 6 nitrogen and oxygen atoms in total. The average molecular weight is 411 g/mol. The van der Waals surface area contributed by atoms with Crippen molar-refractivity contribution in [2.24, 2.45) is 0 Å². The maximum Gasteiger partial charge on any atom is 0.339 e. The van der Waals surface area contributed by atoms with E-state index >= 15 is 0 Å². The van der Waals surface area contributed by atoms with Crippen LogP contribution in [0.25, 0.3) is 0 Å². The van der Waals surface area contributed by atoms with Crippen LogP contribution in [-0.2, 0) is 11.3 Å². The van der Waals surface area contributed by atoms with E-state index in [0.717, 1.165) is 74.7 Å². The number of cyclic esters (lactones) is 1. The average Bonchev–Trinajstić information content (AvgIpc) is 3.10. The van der Waals surface area contributed by atoms with E-state index in [1.165, 1.54) is 5.56 Å². The molecule has 2 aliphatic rings. The van der Waals surface area contributed by atoms with Gasteiger partial charge in [0.15, 0.2) is 11.5 Å². The molecule has 2 aromatic rings. The van der Waals surface area contributed by atoms with Crippen LogP contribution < -0.4 is 9.47 Å². The second-order valence-electron chi connectivity index (χ2n) is 7.93. The summed E-state index contributed by atoms with van der Waals surface area (Å²) in [6.45, 7) is 6.19. The molecule has 1 fully saturated rings. The lowest BCUT2D eigenvalue weighted by Gasteiger charge is -2.35. The maximum absolute atomic E-state index is 12.0. The molecule has 0 amide bonds. The Kier molecular flexibility index (Phi) is 6.55. The molecule has 1 atom stereocenters. The first kappa shape index (κ1) is 20.7. The van der Waals surface area contributed by atoms with Crippen LogP contribution in [0.4, 0.5) is 0 Å². The zero-order valence-corrected chi connectivity index (χ0v) is 17.8. The lowest BCUT2D eigenvalue weighted by molar-refractivity contribution is 0.0353. The summed E-state index contributed by atoms with van der Waals surface area (Å²) < 4.78 is 16.3. The highest BCUT2D eigenvalue weighted by molar-refractivity contribution is 5.93. The van der Waals surface area contributed by atoms with E-state index < -0.39 is 0 Å². The molecule has 6 heteroatoms. The number of hydrogen-bond acceptors (Lipinski definition) is 6. The van der Waals surface area contributed by atoms with Crippen molar-refractivity contribution in [3.05, 3.63) is 59.2 Å². The number of hydrogen-bond donors (Lipinski definition) is 0. The Labute approximate surface area is 178 Å². The third-order valence-corrected chi connectivity index (χ3v) is 6.04. The van der Waals surface area contributed by atoms with Crippen molar-refractivity contribution < 1.29 is 19.0 Å². The van der Waals surface area contributed by atoms with Crippen molar-refractivity contribution >= 4 is 5.97 Å². The van der Waals surface area contributed by atoms with Gasteiger partial charge in [0.05, 0.1) is 19.8 Å². The first-order valence-corrected chi connectivity index (χ1v) is 10.6. The largest absolute Gasteiger partial charge is 0.493 e. The van der Waals surface area contributed by atoms with Crippen molar-refractivity contribution in [2.75, 3.05) is 46.9 Å². The van der Waals surface area contributed by atoms with Crippen molar-refractivity contribution in [1.29, 1.82) is 0 Å². The molecule has 0 aliphatic carbocycles. The summed E-state index contributed by atoms with van der Waals surface area (Å²) in [5.74, 6) is 1.36. The summed E-state index contributed by atoms with van der Waals surface area (Å²) in [5.41, 5.74) is 3.01. The van der Waals surface area contributed by atoms with Crippen LogP contribution in [0.5, 0.6) is 11.5 Å². The van der Waals surface area contributed by atoms with E-state index in [0.29, 0.717) is 0 Å². The number of benzene rings is 2. The third-order valence-electron chi connectivity index (χ3n) is 6.04. The van der Waals surface area contributed by atoms with Crippen molar-refractivity contribution in [1.82, 2.24) is 9.80 Å². The number of fused-ring (bicyclic) bond motifs is 1. The molecular formula is C24H30N2O4. The molecule has 4 rings (SSSR count). The number of esters is 1. The van der Waals surface area contributed by atoms with E-state index in [-0.39, 0.29) is 12.1 Å². The third kappa shape index (κ3) is 4.60. The standard InChI is InChI=1S/C24H30N2O4/c1-28-22-10-9-18(16-23(22)29-2)17-26-14-12-25(13-15-26)11-5-8-21-19-6-3-4-7-20(19)24(27)30-21/h3-4,6-7,9-10,16,21H,5,8,11-15,17H2,1-2H3. The van der Waals surface area contributed by atoms with Crippen LogP contribution in [-0.4, -0.2) is 62.7 Å². The number of carbonyl (C=O) groups is 1. The van der Waals surface area contributed by atoms with Gasteiger partial charge in [0.2, 0.25) is 0 Å². The van der Waals surface area contributed by atoms with Crippen molar-refractivity contribution in [2.45, 2.75) is 25.5 Å². The van der Waals surface area contributed by atoms with Gasteiger partial charge in [0, 0.05) is 38.3 Å². The second-order valence-corrected chi connectivity index (χ2v) is 7.93. The minimum absolute atomic E-state index is 0.0833. The first-order valence-electron chi connectivity index (χ1n) is 10.6. The lowest BCUT2D eigenvalue weighted by atomic mass is 10.0. The summed E-state index contributed by atoms with van der Waals surface area (Å²) in [4.78, 5) is 16.9. The van der Waals surface area contributed by atoms with Gasteiger partial charge >= 0.3 is 5.97 Å². The predicted octanol–water partition coefficient (Wildman–Crippen LogP) is 3.51. The van der Waals surface area contributed by atoms with Gasteiger partial charge in [-0.05, 0) is 43.1 Å². The fourth-order valence-corrected chi connectivity index (χ4v) is 4.34. The molecule has 0 saturated carbocycles. The molecule has 0 bridgehead atoms. The zero-order chi connectivity index (χ0) is 20.9. The molecule has 0 aromatic heterocycles. The maximum atomic E-state index is 12.0. The number of piperazine rings is 1. The van der Waals surface area contributed by atoms with Gasteiger partial charge in [-0.3, -0.25) is 4.90 Å². The molecule has 2 heterocycles. The number of rotatable bonds is 8. The van der Waals surface area contributed by atoms with E-state index in [4.69, 9.17) is 14.2 Å².